The van der Waals surface area contributed by atoms with Crippen LogP contribution in [-0.4, -0.2) is 27.6 Å². The third kappa shape index (κ3) is 3.97. The van der Waals surface area contributed by atoms with Crippen LogP contribution in [0.5, 0.6) is 5.75 Å². The Labute approximate surface area is 169 Å². The van der Waals surface area contributed by atoms with Crippen LogP contribution in [0.1, 0.15) is 32.1 Å². The molecule has 6 heteroatoms. The summed E-state index contributed by atoms with van der Waals surface area (Å²) in [5.41, 5.74) is 2.99. The summed E-state index contributed by atoms with van der Waals surface area (Å²) in [4.78, 5) is 20.7. The van der Waals surface area contributed by atoms with Crippen LogP contribution in [0.2, 0.25) is 0 Å². The van der Waals surface area contributed by atoms with Crippen molar-refractivity contribution in [1.29, 1.82) is 0 Å². The lowest BCUT2D eigenvalue weighted by Crippen LogP contribution is -2.33. The minimum Gasteiger partial charge on any atom is -0.497 e. The van der Waals surface area contributed by atoms with Crippen LogP contribution in [0.15, 0.2) is 54.7 Å². The summed E-state index contributed by atoms with van der Waals surface area (Å²) in [6.07, 6.45) is 2.41. The fraction of sp³-hybridized carbons (Fsp3) is 0.304. The van der Waals surface area contributed by atoms with Gasteiger partial charge in [-0.3, -0.25) is 4.79 Å². The van der Waals surface area contributed by atoms with E-state index in [4.69, 9.17) is 4.74 Å². The molecule has 2 aromatic heterocycles. The number of carbonyl (C=O) groups is 1. The lowest BCUT2D eigenvalue weighted by Gasteiger charge is -2.20. The number of amides is 1. The molecule has 0 aliphatic heterocycles. The minimum atomic E-state index is -0.152. The van der Waals surface area contributed by atoms with E-state index in [2.05, 4.69) is 33.7 Å². The topological polar surface area (TPSA) is 71.9 Å². The molecule has 0 saturated carbocycles. The highest BCUT2D eigenvalue weighted by molar-refractivity contribution is 5.82. The lowest BCUT2D eigenvalue weighted by atomic mass is 10.0. The quantitative estimate of drug-likeness (QED) is 0.490. The Bertz CT molecular complexity index is 1110. The maximum Gasteiger partial charge on any atom is 0.222 e. The number of ether oxygens (including phenoxy) is 1. The molecule has 2 aromatic carbocycles. The molecule has 6 nitrogen and oxygen atoms in total. The second kappa shape index (κ2) is 7.99. The first kappa shape index (κ1) is 19.1. The lowest BCUT2D eigenvalue weighted by molar-refractivity contribution is -0.122. The van der Waals surface area contributed by atoms with Crippen molar-refractivity contribution >= 4 is 27.8 Å². The predicted molar refractivity (Wildman–Crippen MR) is 115 cm³/mol. The smallest absolute Gasteiger partial charge is 0.222 e. The number of carbonyl (C=O) groups excluding carboxylic acids is 1. The second-order valence-electron chi connectivity index (χ2n) is 7.61. The molecule has 0 radical (unpaired) electrons. The zero-order chi connectivity index (χ0) is 20.4. The van der Waals surface area contributed by atoms with E-state index in [0.717, 1.165) is 33.5 Å². The maximum atomic E-state index is 12.7. The van der Waals surface area contributed by atoms with Crippen molar-refractivity contribution in [3.63, 3.8) is 0 Å². The number of nitrogens with zero attached hydrogens (tertiary/aromatic N) is 2. The van der Waals surface area contributed by atoms with Crippen LogP contribution in [-0.2, 0) is 11.3 Å². The fourth-order valence-corrected chi connectivity index (χ4v) is 3.64. The van der Waals surface area contributed by atoms with Gasteiger partial charge < -0.3 is 19.6 Å². The first-order chi connectivity index (χ1) is 14.0. The molecule has 1 atom stereocenters. The number of methoxy groups -OCH3 is 1. The van der Waals surface area contributed by atoms with Crippen molar-refractivity contribution in [2.75, 3.05) is 7.11 Å². The van der Waals surface area contributed by atoms with Crippen molar-refractivity contribution in [2.24, 2.45) is 5.92 Å². The molecule has 0 saturated heterocycles. The number of fused-ring (bicyclic) bond motifs is 2. The number of aromatic amines is 1. The van der Waals surface area contributed by atoms with Gasteiger partial charge in [0.05, 0.1) is 24.2 Å². The van der Waals surface area contributed by atoms with Crippen molar-refractivity contribution in [1.82, 2.24) is 19.9 Å². The zero-order valence-electron chi connectivity index (χ0n) is 17.0. The zero-order valence-corrected chi connectivity index (χ0v) is 17.0. The van der Waals surface area contributed by atoms with E-state index in [1.54, 1.807) is 7.11 Å². The monoisotopic (exact) mass is 390 g/mol. The number of imidazole rings is 1. The Morgan fingerprint density at radius 2 is 2.03 bits per heavy atom. The Balaban J connectivity index is 1.45. The van der Waals surface area contributed by atoms with Crippen molar-refractivity contribution in [3.05, 3.63) is 60.6 Å². The van der Waals surface area contributed by atoms with Crippen LogP contribution in [0.25, 0.3) is 21.9 Å². The molecule has 1 amide bonds. The highest BCUT2D eigenvalue weighted by atomic mass is 16.5. The van der Waals surface area contributed by atoms with E-state index < -0.39 is 0 Å². The summed E-state index contributed by atoms with van der Waals surface area (Å²) in [5, 5.41) is 4.26. The SMILES string of the molecule is COc1ccc2c(ccn2CCC(=O)NC(c2nc3ccccc3[nH]2)C(C)C)c1. The number of H-pyrrole nitrogens is 1. The van der Waals surface area contributed by atoms with Gasteiger partial charge in [0.1, 0.15) is 11.6 Å². The number of aryl methyl sites for hydroxylation is 1. The molecule has 4 aromatic rings. The molecule has 2 N–H and O–H groups in total. The number of hydrogen-bond acceptors (Lipinski definition) is 3. The standard InChI is InChI=1S/C23H26N4O2/c1-15(2)22(23-24-18-6-4-5-7-19(18)25-23)26-21(28)11-13-27-12-10-16-14-17(29-3)8-9-20(16)27/h4-10,12,14-15,22H,11,13H2,1-3H3,(H,24,25)(H,26,28). The average Bonchev–Trinajstić information content (AvgIpc) is 3.33. The van der Waals surface area contributed by atoms with E-state index in [9.17, 15) is 4.79 Å². The highest BCUT2D eigenvalue weighted by Gasteiger charge is 2.21. The molecule has 0 spiro atoms. The van der Waals surface area contributed by atoms with Crippen molar-refractivity contribution in [3.8, 4) is 5.75 Å². The summed E-state index contributed by atoms with van der Waals surface area (Å²) in [6, 6.07) is 15.8. The van der Waals surface area contributed by atoms with Crippen LogP contribution in [0.3, 0.4) is 0 Å². The van der Waals surface area contributed by atoms with Gasteiger partial charge in [-0.2, -0.15) is 0 Å². The molecule has 2 heterocycles. The van der Waals surface area contributed by atoms with Crippen LogP contribution in [0, 0.1) is 5.92 Å². The minimum absolute atomic E-state index is 0.0134. The molecule has 0 aliphatic carbocycles. The second-order valence-corrected chi connectivity index (χ2v) is 7.61. The Hall–Kier alpha value is -3.28. The number of benzene rings is 2. The third-order valence-electron chi connectivity index (χ3n) is 5.24. The predicted octanol–water partition coefficient (Wildman–Crippen LogP) is 4.43. The van der Waals surface area contributed by atoms with Crippen LogP contribution < -0.4 is 10.1 Å². The molecular weight excluding hydrogens is 364 g/mol. The maximum absolute atomic E-state index is 12.7. The number of hydrogen-bond donors (Lipinski definition) is 2. The summed E-state index contributed by atoms with van der Waals surface area (Å²) < 4.78 is 7.37. The summed E-state index contributed by atoms with van der Waals surface area (Å²) in [6.45, 7) is 4.79. The van der Waals surface area contributed by atoms with Gasteiger partial charge in [0.2, 0.25) is 5.91 Å². The molecule has 29 heavy (non-hydrogen) atoms. The first-order valence-corrected chi connectivity index (χ1v) is 9.92. The number of aromatic nitrogens is 3. The van der Waals surface area contributed by atoms with Gasteiger partial charge in [-0.05, 0) is 42.3 Å². The highest BCUT2D eigenvalue weighted by Crippen LogP contribution is 2.24. The molecule has 150 valence electrons. The summed E-state index contributed by atoms with van der Waals surface area (Å²) in [5.74, 6) is 1.87. The van der Waals surface area contributed by atoms with Gasteiger partial charge in [-0.1, -0.05) is 26.0 Å². The molecule has 1 unspecified atom stereocenters. The fourth-order valence-electron chi connectivity index (χ4n) is 3.64. The first-order valence-electron chi connectivity index (χ1n) is 9.92. The Kier molecular flexibility index (Phi) is 5.25. The van der Waals surface area contributed by atoms with Crippen molar-refractivity contribution in [2.45, 2.75) is 32.9 Å². The molecule has 4 rings (SSSR count). The van der Waals surface area contributed by atoms with E-state index in [1.165, 1.54) is 0 Å². The van der Waals surface area contributed by atoms with Gasteiger partial charge in [-0.25, -0.2) is 4.98 Å². The summed E-state index contributed by atoms with van der Waals surface area (Å²) >= 11 is 0. The Morgan fingerprint density at radius 3 is 2.79 bits per heavy atom. The van der Waals surface area contributed by atoms with Gasteiger partial charge in [0.25, 0.3) is 0 Å². The van der Waals surface area contributed by atoms with E-state index >= 15 is 0 Å². The number of para-hydroxylation sites is 2. The van der Waals surface area contributed by atoms with Crippen LogP contribution in [0.4, 0.5) is 0 Å². The molecule has 0 aliphatic rings. The average molecular weight is 390 g/mol. The van der Waals surface area contributed by atoms with E-state index in [1.807, 2.05) is 54.7 Å². The van der Waals surface area contributed by atoms with Crippen molar-refractivity contribution < 1.29 is 9.53 Å². The van der Waals surface area contributed by atoms with E-state index in [-0.39, 0.29) is 17.9 Å². The summed E-state index contributed by atoms with van der Waals surface area (Å²) in [7, 11) is 1.66. The van der Waals surface area contributed by atoms with Gasteiger partial charge in [0.15, 0.2) is 0 Å². The van der Waals surface area contributed by atoms with Gasteiger partial charge in [0, 0.05) is 30.1 Å². The number of nitrogens with one attached hydrogen (secondary N) is 2. The molecule has 0 fully saturated rings. The Morgan fingerprint density at radius 1 is 1.21 bits per heavy atom. The normalized spacial score (nSPS) is 12.6. The van der Waals surface area contributed by atoms with Gasteiger partial charge >= 0.3 is 0 Å². The van der Waals surface area contributed by atoms with Gasteiger partial charge in [-0.15, -0.1) is 0 Å². The molecule has 0 bridgehead atoms. The number of rotatable bonds is 7. The third-order valence-corrected chi connectivity index (χ3v) is 5.24. The molecular formula is C23H26N4O2. The van der Waals surface area contributed by atoms with Crippen LogP contribution >= 0.6 is 0 Å². The largest absolute Gasteiger partial charge is 0.497 e. The van der Waals surface area contributed by atoms with E-state index in [0.29, 0.717) is 13.0 Å².